The number of imidazole rings is 1. The van der Waals surface area contributed by atoms with Gasteiger partial charge in [-0.1, -0.05) is 30.3 Å². The van der Waals surface area contributed by atoms with Crippen molar-refractivity contribution in [1.82, 2.24) is 15.3 Å². The monoisotopic (exact) mass is 283 g/mol. The van der Waals surface area contributed by atoms with Crippen LogP contribution in [0.3, 0.4) is 0 Å². The van der Waals surface area contributed by atoms with E-state index in [0.29, 0.717) is 13.0 Å². The van der Waals surface area contributed by atoms with Crippen molar-refractivity contribution in [3.63, 3.8) is 0 Å². The first-order valence-electron chi connectivity index (χ1n) is 7.13. The third-order valence-electron chi connectivity index (χ3n) is 3.54. The number of hydrogen-bond acceptors (Lipinski definition) is 2. The average Bonchev–Trinajstić information content (AvgIpc) is 2.90. The van der Waals surface area contributed by atoms with E-state index in [2.05, 4.69) is 22.2 Å². The van der Waals surface area contributed by atoms with Crippen LogP contribution < -0.4 is 5.32 Å². The molecule has 21 heavy (non-hydrogen) atoms. The number of H-pyrrole nitrogens is 1. The largest absolute Gasteiger partial charge is 0.341 e. The van der Waals surface area contributed by atoms with E-state index in [-0.39, 0.29) is 11.9 Å². The highest BCUT2D eigenvalue weighted by Crippen LogP contribution is 2.11. The smallest absolute Gasteiger partial charge is 0.126 e. The maximum Gasteiger partial charge on any atom is 0.126 e. The second kappa shape index (κ2) is 6.06. The van der Waals surface area contributed by atoms with Gasteiger partial charge in [-0.25, -0.2) is 9.37 Å². The third-order valence-corrected chi connectivity index (χ3v) is 3.54. The Morgan fingerprint density at radius 2 is 1.90 bits per heavy atom. The molecule has 0 aliphatic heterocycles. The summed E-state index contributed by atoms with van der Waals surface area (Å²) in [6.45, 7) is 2.69. The number of para-hydroxylation sites is 2. The summed E-state index contributed by atoms with van der Waals surface area (Å²) in [5, 5.41) is 3.38. The molecule has 2 N–H and O–H groups in total. The van der Waals surface area contributed by atoms with Crippen LogP contribution in [0.5, 0.6) is 0 Å². The Labute approximate surface area is 123 Å². The molecular formula is C17H18FN3. The normalized spacial score (nSPS) is 12.7. The van der Waals surface area contributed by atoms with Gasteiger partial charge < -0.3 is 10.3 Å². The standard InChI is InChI=1S/C17H18FN3/c1-12(10-13-6-2-3-7-14(13)18)19-11-17-20-15-8-4-5-9-16(15)21-17/h2-9,12,19H,10-11H2,1H3,(H,20,21). The summed E-state index contributed by atoms with van der Waals surface area (Å²) < 4.78 is 13.6. The summed E-state index contributed by atoms with van der Waals surface area (Å²) in [4.78, 5) is 7.80. The van der Waals surface area contributed by atoms with Crippen LogP contribution in [0.2, 0.25) is 0 Å². The molecule has 0 spiro atoms. The van der Waals surface area contributed by atoms with Gasteiger partial charge >= 0.3 is 0 Å². The first kappa shape index (κ1) is 13.8. The molecule has 0 aliphatic carbocycles. The molecule has 0 amide bonds. The van der Waals surface area contributed by atoms with Crippen LogP contribution in [-0.2, 0) is 13.0 Å². The van der Waals surface area contributed by atoms with Crippen molar-refractivity contribution < 1.29 is 4.39 Å². The number of halogens is 1. The van der Waals surface area contributed by atoms with Gasteiger partial charge in [-0.05, 0) is 37.1 Å². The van der Waals surface area contributed by atoms with Crippen molar-refractivity contribution >= 4 is 11.0 Å². The minimum absolute atomic E-state index is 0.144. The number of fused-ring (bicyclic) bond motifs is 1. The van der Waals surface area contributed by atoms with E-state index in [1.807, 2.05) is 36.4 Å². The maximum atomic E-state index is 13.6. The van der Waals surface area contributed by atoms with Crippen molar-refractivity contribution in [3.05, 3.63) is 65.7 Å². The van der Waals surface area contributed by atoms with Gasteiger partial charge in [0.1, 0.15) is 11.6 Å². The van der Waals surface area contributed by atoms with Crippen LogP contribution in [0.15, 0.2) is 48.5 Å². The van der Waals surface area contributed by atoms with Gasteiger partial charge in [0.2, 0.25) is 0 Å². The Kier molecular flexibility index (Phi) is 3.97. The van der Waals surface area contributed by atoms with Crippen LogP contribution in [-0.4, -0.2) is 16.0 Å². The predicted octanol–water partition coefficient (Wildman–Crippen LogP) is 3.42. The summed E-state index contributed by atoms with van der Waals surface area (Å²) in [5.74, 6) is 0.756. The quantitative estimate of drug-likeness (QED) is 0.753. The molecule has 3 rings (SSSR count). The van der Waals surface area contributed by atoms with Crippen LogP contribution in [0, 0.1) is 5.82 Å². The lowest BCUT2D eigenvalue weighted by Gasteiger charge is -2.13. The number of hydrogen-bond donors (Lipinski definition) is 2. The van der Waals surface area contributed by atoms with Crippen LogP contribution in [0.1, 0.15) is 18.3 Å². The number of aromatic nitrogens is 2. The maximum absolute atomic E-state index is 13.6. The highest BCUT2D eigenvalue weighted by Gasteiger charge is 2.08. The topological polar surface area (TPSA) is 40.7 Å². The van der Waals surface area contributed by atoms with E-state index >= 15 is 0 Å². The summed E-state index contributed by atoms with van der Waals surface area (Å²) >= 11 is 0. The van der Waals surface area contributed by atoms with Crippen molar-refractivity contribution in [2.75, 3.05) is 0 Å². The third kappa shape index (κ3) is 3.28. The van der Waals surface area contributed by atoms with Crippen LogP contribution in [0.25, 0.3) is 11.0 Å². The number of benzene rings is 2. The Balaban J connectivity index is 1.60. The minimum atomic E-state index is -0.144. The lowest BCUT2D eigenvalue weighted by molar-refractivity contribution is 0.519. The average molecular weight is 283 g/mol. The first-order valence-corrected chi connectivity index (χ1v) is 7.13. The molecule has 2 aromatic carbocycles. The van der Waals surface area contributed by atoms with Crippen molar-refractivity contribution in [2.24, 2.45) is 0 Å². The molecule has 4 heteroatoms. The zero-order valence-corrected chi connectivity index (χ0v) is 11.9. The van der Waals surface area contributed by atoms with Crippen molar-refractivity contribution in [3.8, 4) is 0 Å². The molecule has 1 unspecified atom stereocenters. The van der Waals surface area contributed by atoms with Crippen LogP contribution in [0.4, 0.5) is 4.39 Å². The molecule has 0 saturated carbocycles. The van der Waals surface area contributed by atoms with Gasteiger partial charge in [-0.2, -0.15) is 0 Å². The van der Waals surface area contributed by atoms with E-state index in [1.165, 1.54) is 6.07 Å². The molecule has 108 valence electrons. The molecule has 1 atom stereocenters. The zero-order chi connectivity index (χ0) is 14.7. The number of nitrogens with zero attached hydrogens (tertiary/aromatic N) is 1. The molecule has 0 fully saturated rings. The Morgan fingerprint density at radius 1 is 1.14 bits per heavy atom. The minimum Gasteiger partial charge on any atom is -0.341 e. The Hall–Kier alpha value is -2.20. The number of aromatic amines is 1. The first-order chi connectivity index (χ1) is 10.2. The van der Waals surface area contributed by atoms with Crippen LogP contribution >= 0.6 is 0 Å². The van der Waals surface area contributed by atoms with Gasteiger partial charge in [0.05, 0.1) is 17.6 Å². The lowest BCUT2D eigenvalue weighted by Crippen LogP contribution is -2.28. The fourth-order valence-corrected chi connectivity index (χ4v) is 2.43. The van der Waals surface area contributed by atoms with E-state index in [1.54, 1.807) is 6.07 Å². The molecule has 0 aliphatic rings. The summed E-state index contributed by atoms with van der Waals surface area (Å²) in [5.41, 5.74) is 2.74. The molecule has 1 heterocycles. The molecule has 0 radical (unpaired) electrons. The molecule has 3 nitrogen and oxygen atoms in total. The molecule has 0 bridgehead atoms. The molecule has 0 saturated heterocycles. The fraction of sp³-hybridized carbons (Fsp3) is 0.235. The SMILES string of the molecule is CC(Cc1ccccc1F)NCc1nc2ccccc2[nH]1. The molecule has 3 aromatic rings. The Morgan fingerprint density at radius 3 is 2.71 bits per heavy atom. The van der Waals surface area contributed by atoms with Crippen molar-refractivity contribution in [1.29, 1.82) is 0 Å². The van der Waals surface area contributed by atoms with Crippen molar-refractivity contribution in [2.45, 2.75) is 25.9 Å². The predicted molar refractivity (Wildman–Crippen MR) is 82.5 cm³/mol. The zero-order valence-electron chi connectivity index (χ0n) is 11.9. The molecular weight excluding hydrogens is 265 g/mol. The second-order valence-electron chi connectivity index (χ2n) is 5.28. The van der Waals surface area contributed by atoms with E-state index in [0.717, 1.165) is 22.4 Å². The highest BCUT2D eigenvalue weighted by atomic mass is 19.1. The van der Waals surface area contributed by atoms with Gasteiger partial charge in [0.25, 0.3) is 0 Å². The highest BCUT2D eigenvalue weighted by molar-refractivity contribution is 5.74. The van der Waals surface area contributed by atoms with Gasteiger partial charge in [0, 0.05) is 6.04 Å². The van der Waals surface area contributed by atoms with Gasteiger partial charge in [0.15, 0.2) is 0 Å². The lowest BCUT2D eigenvalue weighted by atomic mass is 10.1. The second-order valence-corrected chi connectivity index (χ2v) is 5.28. The Bertz CT molecular complexity index is 702. The van der Waals surface area contributed by atoms with Gasteiger partial charge in [-0.3, -0.25) is 0 Å². The number of nitrogens with one attached hydrogen (secondary N) is 2. The van der Waals surface area contributed by atoms with E-state index in [4.69, 9.17) is 0 Å². The molecule has 1 aromatic heterocycles. The number of rotatable bonds is 5. The summed E-state index contributed by atoms with van der Waals surface area (Å²) in [6.07, 6.45) is 0.660. The summed E-state index contributed by atoms with van der Waals surface area (Å²) in [6, 6.07) is 15.0. The fourth-order valence-electron chi connectivity index (χ4n) is 2.43. The summed E-state index contributed by atoms with van der Waals surface area (Å²) in [7, 11) is 0. The van der Waals surface area contributed by atoms with E-state index < -0.39 is 0 Å². The van der Waals surface area contributed by atoms with E-state index in [9.17, 15) is 4.39 Å². The van der Waals surface area contributed by atoms with Gasteiger partial charge in [-0.15, -0.1) is 0 Å².